The van der Waals surface area contributed by atoms with Crippen molar-refractivity contribution >= 4 is 23.1 Å². The third kappa shape index (κ3) is 3.40. The number of carbonyl (C=O) groups is 1. The Morgan fingerprint density at radius 3 is 2.83 bits per heavy atom. The molecule has 0 heterocycles. The fourth-order valence-electron chi connectivity index (χ4n) is 1.41. The number of amides is 1. The van der Waals surface area contributed by atoms with Crippen LogP contribution in [0.5, 0.6) is 5.75 Å². The number of ether oxygens (including phenoxy) is 1. The summed E-state index contributed by atoms with van der Waals surface area (Å²) in [7, 11) is 0. The van der Waals surface area contributed by atoms with Crippen LogP contribution in [0.4, 0.5) is 4.39 Å². The van der Waals surface area contributed by atoms with E-state index < -0.39 is 5.82 Å². The van der Waals surface area contributed by atoms with Gasteiger partial charge in [-0.05, 0) is 31.0 Å². The highest BCUT2D eigenvalue weighted by Crippen LogP contribution is 2.20. The van der Waals surface area contributed by atoms with E-state index in [-0.39, 0.29) is 29.3 Å². The lowest BCUT2D eigenvalue weighted by Gasteiger charge is -2.08. The SMILES string of the molecule is NC(=S)c1ccc(OCC(=O)NC2CC2)c(F)c1. The van der Waals surface area contributed by atoms with E-state index in [1.807, 2.05) is 0 Å². The van der Waals surface area contributed by atoms with Crippen molar-refractivity contribution in [2.24, 2.45) is 5.73 Å². The van der Waals surface area contributed by atoms with E-state index in [1.54, 1.807) is 6.07 Å². The Morgan fingerprint density at radius 2 is 2.28 bits per heavy atom. The highest BCUT2D eigenvalue weighted by molar-refractivity contribution is 7.80. The van der Waals surface area contributed by atoms with Gasteiger partial charge in [-0.15, -0.1) is 0 Å². The molecule has 2 rings (SSSR count). The van der Waals surface area contributed by atoms with Crippen LogP contribution < -0.4 is 15.8 Å². The van der Waals surface area contributed by atoms with Gasteiger partial charge in [0.25, 0.3) is 5.91 Å². The summed E-state index contributed by atoms with van der Waals surface area (Å²) in [4.78, 5) is 11.5. The maximum Gasteiger partial charge on any atom is 0.258 e. The van der Waals surface area contributed by atoms with E-state index >= 15 is 0 Å². The summed E-state index contributed by atoms with van der Waals surface area (Å²) >= 11 is 4.73. The van der Waals surface area contributed by atoms with Gasteiger partial charge in [-0.3, -0.25) is 4.79 Å². The zero-order chi connectivity index (χ0) is 13.1. The molecular formula is C12H13FN2O2S. The van der Waals surface area contributed by atoms with E-state index in [4.69, 9.17) is 22.7 Å². The molecule has 1 aliphatic carbocycles. The fourth-order valence-corrected chi connectivity index (χ4v) is 1.54. The average Bonchev–Trinajstić information content (AvgIpc) is 3.11. The van der Waals surface area contributed by atoms with E-state index in [0.717, 1.165) is 12.8 Å². The minimum Gasteiger partial charge on any atom is -0.481 e. The molecule has 0 atom stereocenters. The molecule has 1 aromatic rings. The number of nitrogens with two attached hydrogens (primary N) is 1. The monoisotopic (exact) mass is 268 g/mol. The third-order valence-electron chi connectivity index (χ3n) is 2.52. The molecule has 1 saturated carbocycles. The van der Waals surface area contributed by atoms with Gasteiger partial charge in [-0.2, -0.15) is 0 Å². The second-order valence-corrected chi connectivity index (χ2v) is 4.58. The number of hydrogen-bond donors (Lipinski definition) is 2. The summed E-state index contributed by atoms with van der Waals surface area (Å²) in [6.45, 7) is -0.195. The lowest BCUT2D eigenvalue weighted by atomic mass is 10.2. The first-order chi connectivity index (χ1) is 8.56. The first-order valence-corrected chi connectivity index (χ1v) is 5.98. The van der Waals surface area contributed by atoms with Crippen LogP contribution >= 0.6 is 12.2 Å². The largest absolute Gasteiger partial charge is 0.481 e. The normalized spacial score (nSPS) is 14.1. The second-order valence-electron chi connectivity index (χ2n) is 4.14. The van der Waals surface area contributed by atoms with Crippen molar-refractivity contribution < 1.29 is 13.9 Å². The molecule has 0 radical (unpaired) electrons. The highest BCUT2D eigenvalue weighted by atomic mass is 32.1. The number of nitrogens with one attached hydrogen (secondary N) is 1. The zero-order valence-corrected chi connectivity index (χ0v) is 10.4. The van der Waals surface area contributed by atoms with E-state index in [0.29, 0.717) is 5.56 Å². The Hall–Kier alpha value is -1.69. The van der Waals surface area contributed by atoms with Gasteiger partial charge in [-0.25, -0.2) is 4.39 Å². The molecule has 4 nitrogen and oxygen atoms in total. The summed E-state index contributed by atoms with van der Waals surface area (Å²) < 4.78 is 18.7. The lowest BCUT2D eigenvalue weighted by Crippen LogP contribution is -2.30. The Kier molecular flexibility index (Phi) is 3.76. The van der Waals surface area contributed by atoms with Crippen LogP contribution in [0.1, 0.15) is 18.4 Å². The zero-order valence-electron chi connectivity index (χ0n) is 9.61. The average molecular weight is 268 g/mol. The quantitative estimate of drug-likeness (QED) is 0.785. The molecular weight excluding hydrogens is 255 g/mol. The number of carbonyl (C=O) groups excluding carboxylic acids is 1. The van der Waals surface area contributed by atoms with E-state index in [1.165, 1.54) is 12.1 Å². The minimum atomic E-state index is -0.584. The number of halogens is 1. The molecule has 0 spiro atoms. The van der Waals surface area contributed by atoms with Crippen molar-refractivity contribution in [1.29, 1.82) is 0 Å². The molecule has 18 heavy (non-hydrogen) atoms. The second kappa shape index (κ2) is 5.30. The van der Waals surface area contributed by atoms with Gasteiger partial charge in [0.1, 0.15) is 4.99 Å². The van der Waals surface area contributed by atoms with Gasteiger partial charge in [-0.1, -0.05) is 12.2 Å². The Balaban J connectivity index is 1.92. The smallest absolute Gasteiger partial charge is 0.258 e. The maximum atomic E-state index is 13.6. The van der Waals surface area contributed by atoms with Gasteiger partial charge in [0.2, 0.25) is 0 Å². The van der Waals surface area contributed by atoms with Gasteiger partial charge < -0.3 is 15.8 Å². The molecule has 1 aromatic carbocycles. The number of hydrogen-bond acceptors (Lipinski definition) is 3. The van der Waals surface area contributed by atoms with Crippen LogP contribution in [0.25, 0.3) is 0 Å². The van der Waals surface area contributed by atoms with Gasteiger partial charge in [0.15, 0.2) is 18.2 Å². The van der Waals surface area contributed by atoms with Crippen LogP contribution in [0.15, 0.2) is 18.2 Å². The molecule has 1 fully saturated rings. The summed E-state index contributed by atoms with van der Waals surface area (Å²) in [5.41, 5.74) is 5.80. The van der Waals surface area contributed by atoms with Crippen molar-refractivity contribution in [3.63, 3.8) is 0 Å². The molecule has 0 unspecified atom stereocenters. The number of thiocarbonyl (C=S) groups is 1. The Labute approximate surface area is 109 Å². The molecule has 1 aliphatic rings. The first-order valence-electron chi connectivity index (χ1n) is 5.58. The molecule has 0 saturated heterocycles. The summed E-state index contributed by atoms with van der Waals surface area (Å²) in [5, 5.41) is 2.75. The van der Waals surface area contributed by atoms with Crippen molar-refractivity contribution in [2.45, 2.75) is 18.9 Å². The minimum absolute atomic E-state index is 0.0148. The maximum absolute atomic E-state index is 13.6. The van der Waals surface area contributed by atoms with E-state index in [2.05, 4.69) is 5.32 Å². The molecule has 3 N–H and O–H groups in total. The van der Waals surface area contributed by atoms with Crippen molar-refractivity contribution in [2.75, 3.05) is 6.61 Å². The predicted molar refractivity (Wildman–Crippen MR) is 68.9 cm³/mol. The summed E-state index contributed by atoms with van der Waals surface area (Å²) in [5.74, 6) is -0.809. The van der Waals surface area contributed by atoms with Gasteiger partial charge >= 0.3 is 0 Å². The number of benzene rings is 1. The fraction of sp³-hybridized carbons (Fsp3) is 0.333. The summed E-state index contributed by atoms with van der Waals surface area (Å²) in [6, 6.07) is 4.42. The summed E-state index contributed by atoms with van der Waals surface area (Å²) in [6.07, 6.45) is 2.01. The lowest BCUT2D eigenvalue weighted by molar-refractivity contribution is -0.123. The molecule has 1 amide bonds. The molecule has 0 bridgehead atoms. The van der Waals surface area contributed by atoms with Crippen LogP contribution in [-0.4, -0.2) is 23.5 Å². The first kappa shape index (κ1) is 12.8. The van der Waals surface area contributed by atoms with Gasteiger partial charge in [0, 0.05) is 11.6 Å². The van der Waals surface area contributed by atoms with Crippen molar-refractivity contribution in [3.05, 3.63) is 29.6 Å². The third-order valence-corrected chi connectivity index (χ3v) is 2.75. The van der Waals surface area contributed by atoms with Gasteiger partial charge in [0.05, 0.1) is 0 Å². The Morgan fingerprint density at radius 1 is 1.56 bits per heavy atom. The number of rotatable bonds is 5. The van der Waals surface area contributed by atoms with Crippen LogP contribution in [0.3, 0.4) is 0 Å². The van der Waals surface area contributed by atoms with E-state index in [9.17, 15) is 9.18 Å². The van der Waals surface area contributed by atoms with Crippen LogP contribution in [0.2, 0.25) is 0 Å². The van der Waals surface area contributed by atoms with Crippen molar-refractivity contribution in [3.8, 4) is 5.75 Å². The standard InChI is InChI=1S/C12H13FN2O2S/c13-9-5-7(12(14)18)1-4-10(9)17-6-11(16)15-8-2-3-8/h1,4-5,8H,2-3,6H2,(H2,14,18)(H,15,16). The van der Waals surface area contributed by atoms with Crippen LogP contribution in [-0.2, 0) is 4.79 Å². The molecule has 96 valence electrons. The molecule has 0 aromatic heterocycles. The Bertz CT molecular complexity index is 489. The predicted octanol–water partition coefficient (Wildman–Crippen LogP) is 1.12. The topological polar surface area (TPSA) is 64.3 Å². The van der Waals surface area contributed by atoms with Crippen LogP contribution in [0, 0.1) is 5.82 Å². The highest BCUT2D eigenvalue weighted by Gasteiger charge is 2.23. The molecule has 0 aliphatic heterocycles. The van der Waals surface area contributed by atoms with Crippen molar-refractivity contribution in [1.82, 2.24) is 5.32 Å². The molecule has 6 heteroatoms.